The van der Waals surface area contributed by atoms with E-state index in [0.717, 1.165) is 32.5 Å². The number of Topliss-reactive ketones (excluding diaryl/α,β-unsaturated/α-hetero) is 1. The first-order valence-corrected chi connectivity index (χ1v) is 4.35. The van der Waals surface area contributed by atoms with Crippen molar-refractivity contribution >= 4 is 5.78 Å². The van der Waals surface area contributed by atoms with Crippen molar-refractivity contribution in [2.24, 2.45) is 5.92 Å². The molecule has 2 aliphatic rings. The first-order chi connectivity index (χ1) is 5.38. The molecular formula is C8H14N2O. The number of fused-ring (bicyclic) bond motifs is 1. The van der Waals surface area contributed by atoms with E-state index in [9.17, 15) is 4.79 Å². The van der Waals surface area contributed by atoms with Crippen LogP contribution in [0.2, 0.25) is 0 Å². The van der Waals surface area contributed by atoms with Crippen molar-refractivity contribution in [1.82, 2.24) is 10.6 Å². The molecule has 2 saturated heterocycles. The summed E-state index contributed by atoms with van der Waals surface area (Å²) in [5, 5.41) is 6.64. The first-order valence-electron chi connectivity index (χ1n) is 4.35. The Balaban J connectivity index is 2.05. The van der Waals surface area contributed by atoms with Gasteiger partial charge in [-0.1, -0.05) is 0 Å². The molecule has 0 aromatic carbocycles. The summed E-state index contributed by atoms with van der Waals surface area (Å²) in [5.41, 5.74) is 0. The van der Waals surface area contributed by atoms with Crippen LogP contribution in [0.15, 0.2) is 0 Å². The fraction of sp³-hybridized carbons (Fsp3) is 0.875. The van der Waals surface area contributed by atoms with Crippen molar-refractivity contribution in [2.75, 3.05) is 19.6 Å². The molecule has 3 nitrogen and oxygen atoms in total. The van der Waals surface area contributed by atoms with Crippen molar-refractivity contribution in [3.05, 3.63) is 0 Å². The monoisotopic (exact) mass is 154 g/mol. The Morgan fingerprint density at radius 1 is 1.36 bits per heavy atom. The summed E-state index contributed by atoms with van der Waals surface area (Å²) >= 11 is 0. The van der Waals surface area contributed by atoms with Gasteiger partial charge in [0.15, 0.2) is 0 Å². The molecule has 11 heavy (non-hydrogen) atoms. The van der Waals surface area contributed by atoms with E-state index in [1.165, 1.54) is 0 Å². The Morgan fingerprint density at radius 2 is 2.27 bits per heavy atom. The molecule has 0 spiro atoms. The first kappa shape index (κ1) is 7.25. The molecule has 0 aromatic rings. The highest BCUT2D eigenvalue weighted by atomic mass is 16.1. The lowest BCUT2D eigenvalue weighted by Crippen LogP contribution is -2.54. The van der Waals surface area contributed by atoms with Gasteiger partial charge in [-0.3, -0.25) is 4.79 Å². The van der Waals surface area contributed by atoms with E-state index < -0.39 is 0 Å². The van der Waals surface area contributed by atoms with Crippen LogP contribution < -0.4 is 10.6 Å². The molecule has 62 valence electrons. The molecule has 3 heteroatoms. The van der Waals surface area contributed by atoms with Gasteiger partial charge >= 0.3 is 0 Å². The number of rotatable bonds is 0. The molecule has 0 saturated carbocycles. The third-order valence-corrected chi connectivity index (χ3v) is 2.67. The summed E-state index contributed by atoms with van der Waals surface area (Å²) in [6, 6.07) is 0.470. The summed E-state index contributed by atoms with van der Waals surface area (Å²) in [4.78, 5) is 11.3. The lowest BCUT2D eigenvalue weighted by atomic mass is 9.85. The third kappa shape index (κ3) is 1.30. The minimum atomic E-state index is 0.262. The van der Waals surface area contributed by atoms with Crippen molar-refractivity contribution in [2.45, 2.75) is 18.9 Å². The van der Waals surface area contributed by atoms with Gasteiger partial charge in [0.2, 0.25) is 0 Å². The fourth-order valence-electron chi connectivity index (χ4n) is 2.01. The number of piperidine rings is 2. The Morgan fingerprint density at radius 3 is 3.09 bits per heavy atom. The second kappa shape index (κ2) is 2.91. The zero-order valence-corrected chi connectivity index (χ0v) is 6.60. The van der Waals surface area contributed by atoms with Crippen LogP contribution in [0.25, 0.3) is 0 Å². The summed E-state index contributed by atoms with van der Waals surface area (Å²) < 4.78 is 0. The smallest absolute Gasteiger partial charge is 0.140 e. The van der Waals surface area contributed by atoms with Crippen LogP contribution in [-0.4, -0.2) is 31.5 Å². The molecule has 0 radical (unpaired) electrons. The van der Waals surface area contributed by atoms with Crippen LogP contribution in [0.5, 0.6) is 0 Å². The zero-order valence-electron chi connectivity index (χ0n) is 6.60. The van der Waals surface area contributed by atoms with E-state index >= 15 is 0 Å². The molecule has 2 N–H and O–H groups in total. The number of ketones is 1. The lowest BCUT2D eigenvalue weighted by molar-refractivity contribution is -0.125. The van der Waals surface area contributed by atoms with E-state index in [1.54, 1.807) is 0 Å². The number of hydrogen-bond acceptors (Lipinski definition) is 3. The third-order valence-electron chi connectivity index (χ3n) is 2.67. The second-order valence-electron chi connectivity index (χ2n) is 3.38. The molecule has 2 unspecified atom stereocenters. The molecule has 2 heterocycles. The van der Waals surface area contributed by atoms with Crippen LogP contribution in [-0.2, 0) is 4.79 Å². The van der Waals surface area contributed by atoms with Gasteiger partial charge in [0.1, 0.15) is 5.78 Å². The molecule has 2 fully saturated rings. The number of carbonyl (C=O) groups is 1. The standard InChI is InChI=1S/C8H14N2O/c11-8-2-4-10-7-1-3-9-5-6(7)8/h6-7,9-10H,1-5H2. The van der Waals surface area contributed by atoms with Gasteiger partial charge in [-0.2, -0.15) is 0 Å². The Kier molecular flexibility index (Phi) is 1.92. The zero-order chi connectivity index (χ0) is 7.68. The summed E-state index contributed by atoms with van der Waals surface area (Å²) in [7, 11) is 0. The van der Waals surface area contributed by atoms with Crippen LogP contribution in [0.3, 0.4) is 0 Å². The highest BCUT2D eigenvalue weighted by Gasteiger charge is 2.32. The van der Waals surface area contributed by atoms with E-state index in [4.69, 9.17) is 0 Å². The minimum Gasteiger partial charge on any atom is -0.316 e. The summed E-state index contributed by atoms with van der Waals surface area (Å²) in [6.45, 7) is 2.83. The Hall–Kier alpha value is -0.410. The van der Waals surface area contributed by atoms with Crippen molar-refractivity contribution in [3.8, 4) is 0 Å². The van der Waals surface area contributed by atoms with Crippen molar-refractivity contribution < 1.29 is 4.79 Å². The highest BCUT2D eigenvalue weighted by molar-refractivity contribution is 5.83. The van der Waals surface area contributed by atoms with E-state index in [-0.39, 0.29) is 5.92 Å². The Bertz CT molecular complexity index is 167. The van der Waals surface area contributed by atoms with E-state index in [2.05, 4.69) is 10.6 Å². The maximum Gasteiger partial charge on any atom is 0.140 e. The second-order valence-corrected chi connectivity index (χ2v) is 3.38. The normalized spacial score (nSPS) is 38.4. The average Bonchev–Trinajstić information content (AvgIpc) is 2.06. The number of hydrogen-bond donors (Lipinski definition) is 2. The molecule has 2 rings (SSSR count). The molecule has 2 atom stereocenters. The van der Waals surface area contributed by atoms with E-state index in [1.807, 2.05) is 0 Å². The predicted molar refractivity (Wildman–Crippen MR) is 42.4 cm³/mol. The van der Waals surface area contributed by atoms with Crippen LogP contribution >= 0.6 is 0 Å². The Labute approximate surface area is 66.5 Å². The maximum atomic E-state index is 11.3. The lowest BCUT2D eigenvalue weighted by Gasteiger charge is -2.35. The summed E-state index contributed by atoms with van der Waals surface area (Å²) in [6.07, 6.45) is 1.83. The molecule has 0 bridgehead atoms. The molecule has 0 aliphatic carbocycles. The van der Waals surface area contributed by atoms with Gasteiger partial charge < -0.3 is 10.6 Å². The number of nitrogens with one attached hydrogen (secondary N) is 2. The molecule has 2 aliphatic heterocycles. The van der Waals surface area contributed by atoms with E-state index in [0.29, 0.717) is 11.8 Å². The van der Waals surface area contributed by atoms with Gasteiger partial charge in [-0.05, 0) is 13.0 Å². The molecule has 0 amide bonds. The summed E-state index contributed by atoms with van der Waals surface area (Å²) in [5.74, 6) is 0.707. The quantitative estimate of drug-likeness (QED) is 0.495. The van der Waals surface area contributed by atoms with Crippen LogP contribution in [0.1, 0.15) is 12.8 Å². The fourth-order valence-corrected chi connectivity index (χ4v) is 2.01. The molecule has 0 aromatic heterocycles. The largest absolute Gasteiger partial charge is 0.316 e. The molecular weight excluding hydrogens is 140 g/mol. The average molecular weight is 154 g/mol. The minimum absolute atomic E-state index is 0.262. The van der Waals surface area contributed by atoms with Gasteiger partial charge in [0.05, 0.1) is 0 Å². The van der Waals surface area contributed by atoms with Crippen LogP contribution in [0.4, 0.5) is 0 Å². The van der Waals surface area contributed by atoms with Gasteiger partial charge in [-0.15, -0.1) is 0 Å². The van der Waals surface area contributed by atoms with Gasteiger partial charge in [0.25, 0.3) is 0 Å². The van der Waals surface area contributed by atoms with Crippen LogP contribution in [0, 0.1) is 5.92 Å². The van der Waals surface area contributed by atoms with Gasteiger partial charge in [-0.25, -0.2) is 0 Å². The maximum absolute atomic E-state index is 11.3. The predicted octanol–water partition coefficient (Wildman–Crippen LogP) is -0.473. The van der Waals surface area contributed by atoms with Crippen molar-refractivity contribution in [3.63, 3.8) is 0 Å². The highest BCUT2D eigenvalue weighted by Crippen LogP contribution is 2.17. The SMILES string of the molecule is O=C1CCNC2CCNCC12. The number of carbonyl (C=O) groups excluding carboxylic acids is 1. The van der Waals surface area contributed by atoms with Crippen molar-refractivity contribution in [1.29, 1.82) is 0 Å². The van der Waals surface area contributed by atoms with Gasteiger partial charge in [0, 0.05) is 31.5 Å². The topological polar surface area (TPSA) is 41.1 Å².